The first kappa shape index (κ1) is 16.6. The quantitative estimate of drug-likeness (QED) is 0.926. The van der Waals surface area contributed by atoms with E-state index in [9.17, 15) is 4.79 Å². The molecular weight excluding hydrogens is 306 g/mol. The van der Waals surface area contributed by atoms with Gasteiger partial charge in [0.1, 0.15) is 17.3 Å². The van der Waals surface area contributed by atoms with Crippen LogP contribution in [0.1, 0.15) is 54.7 Å². The third-order valence-corrected chi connectivity index (χ3v) is 4.68. The Balaban J connectivity index is 1.69. The fraction of sp³-hybridized carbons (Fsp3) is 0.556. The Hall–Kier alpha value is -2.24. The molecule has 0 aromatic carbocycles. The van der Waals surface area contributed by atoms with Crippen LogP contribution in [0.4, 0.5) is 4.79 Å². The fourth-order valence-electron chi connectivity index (χ4n) is 3.15. The van der Waals surface area contributed by atoms with E-state index in [1.807, 2.05) is 37.8 Å². The summed E-state index contributed by atoms with van der Waals surface area (Å²) >= 11 is 0. The van der Waals surface area contributed by atoms with Crippen LogP contribution in [0.25, 0.3) is 0 Å². The number of nitrogens with zero attached hydrogens (tertiary/aromatic N) is 2. The molecule has 6 nitrogen and oxygen atoms in total. The standard InChI is InChI=1S/C18H25N3O3/c1-11-7-8-21(15(9-11)16-6-5-12(2)23-16)18(22)19-10-17-20-13(3)14(4)24-17/h5-6,11,15H,7-10H2,1-4H3,(H,19,22). The highest BCUT2D eigenvalue weighted by molar-refractivity contribution is 5.74. The van der Waals surface area contributed by atoms with Gasteiger partial charge in [-0.3, -0.25) is 0 Å². The smallest absolute Gasteiger partial charge is 0.318 e. The molecule has 1 saturated heterocycles. The second-order valence-corrected chi connectivity index (χ2v) is 6.70. The Kier molecular flexibility index (Phi) is 4.64. The molecule has 6 heteroatoms. The van der Waals surface area contributed by atoms with E-state index < -0.39 is 0 Å². The summed E-state index contributed by atoms with van der Waals surface area (Å²) in [6, 6.07) is 3.80. The number of amides is 2. The molecule has 0 bridgehead atoms. The maximum atomic E-state index is 12.7. The average molecular weight is 331 g/mol. The summed E-state index contributed by atoms with van der Waals surface area (Å²) in [5, 5.41) is 2.92. The zero-order valence-electron chi connectivity index (χ0n) is 14.8. The SMILES string of the molecule is Cc1ccc(C2CC(C)CCN2C(=O)NCc2nc(C)c(C)o2)o1. The van der Waals surface area contributed by atoms with E-state index in [1.165, 1.54) is 0 Å². The Labute approximate surface area is 142 Å². The molecule has 0 radical (unpaired) electrons. The van der Waals surface area contributed by atoms with Gasteiger partial charge < -0.3 is 19.1 Å². The van der Waals surface area contributed by atoms with Gasteiger partial charge in [0.2, 0.25) is 5.89 Å². The van der Waals surface area contributed by atoms with Crippen LogP contribution >= 0.6 is 0 Å². The van der Waals surface area contributed by atoms with E-state index in [-0.39, 0.29) is 12.1 Å². The monoisotopic (exact) mass is 331 g/mol. The number of carbonyl (C=O) groups excluding carboxylic acids is 1. The molecule has 0 aliphatic carbocycles. The van der Waals surface area contributed by atoms with Crippen LogP contribution in [-0.2, 0) is 6.54 Å². The van der Waals surface area contributed by atoms with Gasteiger partial charge in [-0.05, 0) is 51.7 Å². The van der Waals surface area contributed by atoms with Crippen molar-refractivity contribution in [2.45, 2.75) is 53.1 Å². The van der Waals surface area contributed by atoms with Crippen molar-refractivity contribution in [3.8, 4) is 0 Å². The summed E-state index contributed by atoms with van der Waals surface area (Å²) in [4.78, 5) is 18.8. The molecule has 1 fully saturated rings. The molecule has 2 unspecified atom stereocenters. The van der Waals surface area contributed by atoms with Gasteiger partial charge in [-0.25, -0.2) is 9.78 Å². The number of aryl methyl sites for hydroxylation is 3. The van der Waals surface area contributed by atoms with Gasteiger partial charge in [-0.15, -0.1) is 0 Å². The molecule has 1 N–H and O–H groups in total. The molecule has 2 amide bonds. The number of oxazole rings is 1. The Morgan fingerprint density at radius 1 is 1.33 bits per heavy atom. The largest absolute Gasteiger partial charge is 0.464 e. The topological polar surface area (TPSA) is 71.5 Å². The Morgan fingerprint density at radius 2 is 2.12 bits per heavy atom. The highest BCUT2D eigenvalue weighted by Gasteiger charge is 2.33. The van der Waals surface area contributed by atoms with Gasteiger partial charge in [0.25, 0.3) is 0 Å². The van der Waals surface area contributed by atoms with Gasteiger partial charge >= 0.3 is 6.03 Å². The number of piperidine rings is 1. The predicted molar refractivity (Wildman–Crippen MR) is 89.5 cm³/mol. The summed E-state index contributed by atoms with van der Waals surface area (Å²) in [7, 11) is 0. The van der Waals surface area contributed by atoms with Crippen LogP contribution in [0.3, 0.4) is 0 Å². The molecule has 1 aliphatic heterocycles. The lowest BCUT2D eigenvalue weighted by molar-refractivity contribution is 0.118. The summed E-state index contributed by atoms with van der Waals surface area (Å²) < 4.78 is 11.3. The highest BCUT2D eigenvalue weighted by atomic mass is 16.4. The van der Waals surface area contributed by atoms with Gasteiger partial charge in [0, 0.05) is 6.54 Å². The summed E-state index contributed by atoms with van der Waals surface area (Å²) in [6.07, 6.45) is 1.92. The molecule has 130 valence electrons. The van der Waals surface area contributed by atoms with Crippen molar-refractivity contribution >= 4 is 6.03 Å². The number of carbonyl (C=O) groups is 1. The molecule has 1 aliphatic rings. The van der Waals surface area contributed by atoms with Crippen molar-refractivity contribution in [3.05, 3.63) is 41.0 Å². The number of hydrogen-bond donors (Lipinski definition) is 1. The number of aromatic nitrogens is 1. The Bertz CT molecular complexity index is 699. The van der Waals surface area contributed by atoms with Gasteiger partial charge in [0.15, 0.2) is 0 Å². The molecule has 24 heavy (non-hydrogen) atoms. The third-order valence-electron chi connectivity index (χ3n) is 4.68. The maximum absolute atomic E-state index is 12.7. The zero-order chi connectivity index (χ0) is 17.3. The van der Waals surface area contributed by atoms with Crippen LogP contribution in [0.2, 0.25) is 0 Å². The fourth-order valence-corrected chi connectivity index (χ4v) is 3.15. The number of urea groups is 1. The van der Waals surface area contributed by atoms with Crippen molar-refractivity contribution in [1.29, 1.82) is 0 Å². The first-order valence-corrected chi connectivity index (χ1v) is 8.47. The molecule has 2 aromatic heterocycles. The van der Waals surface area contributed by atoms with Gasteiger partial charge in [-0.1, -0.05) is 6.92 Å². The number of rotatable bonds is 3. The zero-order valence-corrected chi connectivity index (χ0v) is 14.8. The van der Waals surface area contributed by atoms with Gasteiger partial charge in [-0.2, -0.15) is 0 Å². The molecule has 0 spiro atoms. The molecular formula is C18H25N3O3. The van der Waals surface area contributed by atoms with Crippen molar-refractivity contribution in [2.75, 3.05) is 6.54 Å². The lowest BCUT2D eigenvalue weighted by Gasteiger charge is -2.37. The second kappa shape index (κ2) is 6.71. The second-order valence-electron chi connectivity index (χ2n) is 6.70. The minimum absolute atomic E-state index is 0.0181. The maximum Gasteiger partial charge on any atom is 0.318 e. The summed E-state index contributed by atoms with van der Waals surface area (Å²) in [6.45, 7) is 8.93. The molecule has 3 rings (SSSR count). The minimum atomic E-state index is -0.102. The number of hydrogen-bond acceptors (Lipinski definition) is 4. The summed E-state index contributed by atoms with van der Waals surface area (Å²) in [5.41, 5.74) is 0.856. The number of nitrogens with one attached hydrogen (secondary N) is 1. The van der Waals surface area contributed by atoms with E-state index in [0.717, 1.165) is 42.4 Å². The molecule has 0 saturated carbocycles. The number of likely N-dealkylation sites (tertiary alicyclic amines) is 1. The Morgan fingerprint density at radius 3 is 2.75 bits per heavy atom. The van der Waals surface area contributed by atoms with Crippen molar-refractivity contribution in [1.82, 2.24) is 15.2 Å². The summed E-state index contributed by atoms with van der Waals surface area (Å²) in [5.74, 6) is 3.62. The van der Waals surface area contributed by atoms with E-state index in [1.54, 1.807) is 0 Å². The molecule has 2 aromatic rings. The van der Waals surface area contributed by atoms with Crippen LogP contribution in [0.5, 0.6) is 0 Å². The van der Waals surface area contributed by atoms with Gasteiger partial charge in [0.05, 0.1) is 18.3 Å². The number of furan rings is 1. The van der Waals surface area contributed by atoms with Crippen molar-refractivity contribution in [2.24, 2.45) is 5.92 Å². The third kappa shape index (κ3) is 3.47. The lowest BCUT2D eigenvalue weighted by atomic mass is 9.91. The first-order chi connectivity index (χ1) is 11.4. The first-order valence-electron chi connectivity index (χ1n) is 8.47. The highest BCUT2D eigenvalue weighted by Crippen LogP contribution is 2.34. The predicted octanol–water partition coefficient (Wildman–Crippen LogP) is 3.88. The van der Waals surface area contributed by atoms with Crippen LogP contribution in [0.15, 0.2) is 21.0 Å². The van der Waals surface area contributed by atoms with E-state index in [0.29, 0.717) is 18.4 Å². The van der Waals surface area contributed by atoms with E-state index >= 15 is 0 Å². The molecule has 2 atom stereocenters. The van der Waals surface area contributed by atoms with E-state index in [2.05, 4.69) is 17.2 Å². The van der Waals surface area contributed by atoms with E-state index in [4.69, 9.17) is 8.83 Å². The van der Waals surface area contributed by atoms with Crippen LogP contribution < -0.4 is 5.32 Å². The normalized spacial score (nSPS) is 21.1. The lowest BCUT2D eigenvalue weighted by Crippen LogP contribution is -2.45. The van der Waals surface area contributed by atoms with Crippen molar-refractivity contribution in [3.63, 3.8) is 0 Å². The van der Waals surface area contributed by atoms with Crippen LogP contribution in [-0.4, -0.2) is 22.5 Å². The van der Waals surface area contributed by atoms with Crippen molar-refractivity contribution < 1.29 is 13.6 Å². The van der Waals surface area contributed by atoms with Crippen LogP contribution in [0, 0.1) is 26.7 Å². The average Bonchev–Trinajstić information content (AvgIpc) is 3.11. The molecule has 3 heterocycles. The minimum Gasteiger partial charge on any atom is -0.464 e.